The summed E-state index contributed by atoms with van der Waals surface area (Å²) in [6, 6.07) is 14.4. The quantitative estimate of drug-likeness (QED) is 0.498. The molecule has 3 heterocycles. The third-order valence-electron chi connectivity index (χ3n) is 6.05. The van der Waals surface area contributed by atoms with Gasteiger partial charge in [-0.3, -0.25) is 4.79 Å². The maximum absolute atomic E-state index is 13.3. The molecular weight excluding hydrogens is 424 g/mol. The minimum Gasteiger partial charge on any atom is -0.355 e. The van der Waals surface area contributed by atoms with Crippen molar-refractivity contribution < 1.29 is 13.6 Å². The molecule has 0 bridgehead atoms. The Balaban J connectivity index is 1.25. The molecule has 0 atom stereocenters. The molecule has 1 N–H and O–H groups in total. The molecule has 1 saturated heterocycles. The average Bonchev–Trinajstić information content (AvgIpc) is 3.28. The normalized spacial score (nSPS) is 14.5. The first-order valence-corrected chi connectivity index (χ1v) is 10.9. The second-order valence-electron chi connectivity index (χ2n) is 8.22. The molecule has 0 unspecified atom stereocenters. The number of hydrogen-bond donors (Lipinski definition) is 1. The Morgan fingerprint density at radius 2 is 1.67 bits per heavy atom. The minimum atomic E-state index is -0.288. The number of fused-ring (bicyclic) bond motifs is 1. The van der Waals surface area contributed by atoms with Crippen molar-refractivity contribution in [1.29, 1.82) is 0 Å². The zero-order valence-corrected chi connectivity index (χ0v) is 17.9. The van der Waals surface area contributed by atoms with E-state index in [4.69, 9.17) is 0 Å². The summed E-state index contributed by atoms with van der Waals surface area (Å²) >= 11 is 0. The van der Waals surface area contributed by atoms with E-state index >= 15 is 0 Å². The van der Waals surface area contributed by atoms with Gasteiger partial charge in [-0.2, -0.15) is 5.10 Å². The van der Waals surface area contributed by atoms with Gasteiger partial charge < -0.3 is 10.2 Å². The minimum absolute atomic E-state index is 0.0214. The highest BCUT2D eigenvalue weighted by molar-refractivity contribution is 5.79. The molecule has 1 aliphatic heterocycles. The molecule has 2 aromatic carbocycles. The third kappa shape index (κ3) is 4.55. The van der Waals surface area contributed by atoms with E-state index in [1.54, 1.807) is 41.2 Å². The van der Waals surface area contributed by atoms with Crippen molar-refractivity contribution >= 4 is 17.2 Å². The van der Waals surface area contributed by atoms with Crippen LogP contribution in [0.3, 0.4) is 0 Å². The van der Waals surface area contributed by atoms with E-state index < -0.39 is 0 Å². The predicted molar refractivity (Wildman–Crippen MR) is 122 cm³/mol. The second kappa shape index (κ2) is 8.97. The summed E-state index contributed by atoms with van der Waals surface area (Å²) in [7, 11) is 0. The van der Waals surface area contributed by atoms with Crippen molar-refractivity contribution in [2.75, 3.05) is 18.0 Å². The number of hydrogen-bond acceptors (Lipinski definition) is 4. The summed E-state index contributed by atoms with van der Waals surface area (Å²) in [5.41, 5.74) is 3.33. The fraction of sp³-hybridized carbons (Fsp3) is 0.240. The van der Waals surface area contributed by atoms with Crippen LogP contribution in [0.15, 0.2) is 67.0 Å². The highest BCUT2D eigenvalue weighted by atomic mass is 19.1. The Kier molecular flexibility index (Phi) is 5.73. The first-order chi connectivity index (χ1) is 16.1. The molecule has 0 spiro atoms. The van der Waals surface area contributed by atoms with E-state index in [-0.39, 0.29) is 23.5 Å². The maximum atomic E-state index is 13.3. The lowest BCUT2D eigenvalue weighted by Gasteiger charge is -2.32. The van der Waals surface area contributed by atoms with Crippen LogP contribution in [0.2, 0.25) is 0 Å². The van der Waals surface area contributed by atoms with Gasteiger partial charge in [-0.1, -0.05) is 12.1 Å². The average molecular weight is 447 g/mol. The number of aromatic nitrogens is 3. The molecule has 0 aliphatic carbocycles. The van der Waals surface area contributed by atoms with Crippen LogP contribution in [0.25, 0.3) is 16.8 Å². The molecule has 33 heavy (non-hydrogen) atoms. The summed E-state index contributed by atoms with van der Waals surface area (Å²) in [4.78, 5) is 19.4. The Morgan fingerprint density at radius 1 is 1.00 bits per heavy atom. The van der Waals surface area contributed by atoms with E-state index in [1.165, 1.54) is 24.3 Å². The molecular formula is C25H23F2N5O. The largest absolute Gasteiger partial charge is 0.355 e. The van der Waals surface area contributed by atoms with Gasteiger partial charge in [-0.05, 0) is 60.9 Å². The van der Waals surface area contributed by atoms with E-state index in [2.05, 4.69) is 20.3 Å². The smallest absolute Gasteiger partial charge is 0.223 e. The molecule has 1 aliphatic rings. The highest BCUT2D eigenvalue weighted by Gasteiger charge is 2.26. The van der Waals surface area contributed by atoms with Gasteiger partial charge in [-0.15, -0.1) is 0 Å². The van der Waals surface area contributed by atoms with Gasteiger partial charge in [-0.25, -0.2) is 18.3 Å². The molecule has 5 rings (SSSR count). The van der Waals surface area contributed by atoms with Gasteiger partial charge in [0.05, 0.1) is 5.69 Å². The van der Waals surface area contributed by atoms with Crippen LogP contribution in [0.5, 0.6) is 0 Å². The molecule has 8 heteroatoms. The van der Waals surface area contributed by atoms with Gasteiger partial charge in [0.25, 0.3) is 0 Å². The van der Waals surface area contributed by atoms with E-state index in [1.807, 2.05) is 6.07 Å². The van der Waals surface area contributed by atoms with Crippen LogP contribution in [0.1, 0.15) is 18.4 Å². The number of carbonyl (C=O) groups is 1. The summed E-state index contributed by atoms with van der Waals surface area (Å²) in [5, 5.41) is 7.57. The van der Waals surface area contributed by atoms with Crippen molar-refractivity contribution in [3.05, 3.63) is 84.2 Å². The Bertz CT molecular complexity index is 1260. The molecule has 1 fully saturated rings. The number of piperidine rings is 1. The molecule has 0 radical (unpaired) electrons. The highest BCUT2D eigenvalue weighted by Crippen LogP contribution is 2.28. The lowest BCUT2D eigenvalue weighted by Crippen LogP contribution is -2.40. The van der Waals surface area contributed by atoms with Crippen molar-refractivity contribution in [1.82, 2.24) is 19.9 Å². The molecule has 2 aromatic heterocycles. The number of anilines is 1. The number of amides is 1. The lowest BCUT2D eigenvalue weighted by atomic mass is 9.95. The molecule has 1 amide bonds. The summed E-state index contributed by atoms with van der Waals surface area (Å²) in [6.45, 7) is 1.80. The standard InChI is InChI=1S/C25H23F2N5O/c26-20-5-1-17(2-6-20)16-29-25(33)19-9-12-31(13-10-19)24-23-15-22(30-32(23)14-11-28-24)18-3-7-21(27)8-4-18/h1-8,11,14-15,19H,9-10,12-13,16H2,(H,29,33). The number of carbonyl (C=O) groups excluding carboxylic acids is 1. The van der Waals surface area contributed by atoms with Crippen molar-refractivity contribution in [2.24, 2.45) is 5.92 Å². The molecule has 168 valence electrons. The second-order valence-corrected chi connectivity index (χ2v) is 8.22. The fourth-order valence-electron chi connectivity index (χ4n) is 4.20. The maximum Gasteiger partial charge on any atom is 0.223 e. The SMILES string of the molecule is O=C(NCc1ccc(F)cc1)C1CCN(c2nccn3nc(-c4ccc(F)cc4)cc23)CC1. The zero-order chi connectivity index (χ0) is 22.8. The first kappa shape index (κ1) is 21.1. The lowest BCUT2D eigenvalue weighted by molar-refractivity contribution is -0.125. The predicted octanol–water partition coefficient (Wildman–Crippen LogP) is 4.21. The number of nitrogens with one attached hydrogen (secondary N) is 1. The van der Waals surface area contributed by atoms with E-state index in [0.29, 0.717) is 19.6 Å². The number of benzene rings is 2. The fourth-order valence-corrected chi connectivity index (χ4v) is 4.20. The van der Waals surface area contributed by atoms with Crippen LogP contribution in [0.4, 0.5) is 14.6 Å². The van der Waals surface area contributed by atoms with Crippen molar-refractivity contribution in [2.45, 2.75) is 19.4 Å². The van der Waals surface area contributed by atoms with Crippen LogP contribution >= 0.6 is 0 Å². The Hall–Kier alpha value is -3.81. The van der Waals surface area contributed by atoms with Gasteiger partial charge in [0, 0.05) is 43.5 Å². The van der Waals surface area contributed by atoms with Crippen LogP contribution in [0, 0.1) is 17.6 Å². The van der Waals surface area contributed by atoms with Gasteiger partial charge in [0.15, 0.2) is 5.82 Å². The number of nitrogens with zero attached hydrogens (tertiary/aromatic N) is 4. The molecule has 6 nitrogen and oxygen atoms in total. The third-order valence-corrected chi connectivity index (χ3v) is 6.05. The summed E-state index contributed by atoms with van der Waals surface area (Å²) in [5.74, 6) is 0.205. The van der Waals surface area contributed by atoms with Gasteiger partial charge >= 0.3 is 0 Å². The Labute approximate surface area is 189 Å². The van der Waals surface area contributed by atoms with Crippen molar-refractivity contribution in [3.8, 4) is 11.3 Å². The Morgan fingerprint density at radius 3 is 2.36 bits per heavy atom. The van der Waals surface area contributed by atoms with Crippen molar-refractivity contribution in [3.63, 3.8) is 0 Å². The summed E-state index contributed by atoms with van der Waals surface area (Å²) < 4.78 is 28.1. The van der Waals surface area contributed by atoms with Gasteiger partial charge in [0.1, 0.15) is 17.2 Å². The molecule has 4 aromatic rings. The number of rotatable bonds is 5. The van der Waals surface area contributed by atoms with E-state index in [9.17, 15) is 13.6 Å². The van der Waals surface area contributed by atoms with Crippen LogP contribution in [-0.4, -0.2) is 33.6 Å². The monoisotopic (exact) mass is 447 g/mol. The number of halogens is 2. The van der Waals surface area contributed by atoms with Gasteiger partial charge in [0.2, 0.25) is 5.91 Å². The first-order valence-electron chi connectivity index (χ1n) is 10.9. The summed E-state index contributed by atoms with van der Waals surface area (Å²) in [6.07, 6.45) is 4.95. The topological polar surface area (TPSA) is 62.5 Å². The van der Waals surface area contributed by atoms with Crippen LogP contribution < -0.4 is 10.2 Å². The molecule has 0 saturated carbocycles. The van der Waals surface area contributed by atoms with E-state index in [0.717, 1.165) is 41.0 Å². The van der Waals surface area contributed by atoms with Crippen LogP contribution in [-0.2, 0) is 11.3 Å². The zero-order valence-electron chi connectivity index (χ0n) is 17.9.